The molecular weight excluding hydrogens is 384 g/mol. The summed E-state index contributed by atoms with van der Waals surface area (Å²) in [5, 5.41) is 13.0. The highest BCUT2D eigenvalue weighted by Crippen LogP contribution is 2.37. The third-order valence-electron chi connectivity index (χ3n) is 6.78. The molecule has 0 aliphatic carbocycles. The van der Waals surface area contributed by atoms with Crippen LogP contribution in [0.3, 0.4) is 0 Å². The summed E-state index contributed by atoms with van der Waals surface area (Å²) < 4.78 is 0. The van der Waals surface area contributed by atoms with Crippen LogP contribution >= 0.6 is 0 Å². The highest BCUT2D eigenvalue weighted by molar-refractivity contribution is 6.25. The van der Waals surface area contributed by atoms with E-state index < -0.39 is 0 Å². The Morgan fingerprint density at radius 2 is 0.688 bits per heavy atom. The van der Waals surface area contributed by atoms with Crippen LogP contribution in [0, 0.1) is 0 Å². The summed E-state index contributed by atoms with van der Waals surface area (Å²) in [6.07, 6.45) is 0. The molecule has 7 aromatic carbocycles. The van der Waals surface area contributed by atoms with Gasteiger partial charge in [0.15, 0.2) is 0 Å². The molecule has 0 aromatic heterocycles. The summed E-state index contributed by atoms with van der Waals surface area (Å²) in [5.74, 6) is 0. The SMILES string of the molecule is c1ccc2cc3cc(-c4ccc5c6ccccc6c6ccccc6c5c4)ccc3cc2c1. The van der Waals surface area contributed by atoms with Gasteiger partial charge in [-0.3, -0.25) is 0 Å². The number of hydrogen-bond donors (Lipinski definition) is 0. The standard InChI is InChI=1S/C32H20/c1-2-8-22-18-26-19-23(13-14-24(26)17-21(22)7-1)25-15-16-31-29-11-4-3-9-27(29)28-10-5-6-12-30(28)32(31)20-25/h1-20H. The van der Waals surface area contributed by atoms with E-state index in [1.165, 1.54) is 65.0 Å². The molecule has 0 fully saturated rings. The van der Waals surface area contributed by atoms with Crippen LogP contribution in [0.25, 0.3) is 65.0 Å². The topological polar surface area (TPSA) is 0 Å². The minimum atomic E-state index is 1.26. The third-order valence-corrected chi connectivity index (χ3v) is 6.78. The summed E-state index contributed by atoms with van der Waals surface area (Å²) in [4.78, 5) is 0. The molecule has 0 radical (unpaired) electrons. The van der Waals surface area contributed by atoms with Gasteiger partial charge in [0, 0.05) is 0 Å². The zero-order valence-corrected chi connectivity index (χ0v) is 17.5. The first-order valence-electron chi connectivity index (χ1n) is 11.1. The molecule has 7 aromatic rings. The van der Waals surface area contributed by atoms with Crippen molar-refractivity contribution < 1.29 is 0 Å². The largest absolute Gasteiger partial charge is 0.0616 e. The summed E-state index contributed by atoms with van der Waals surface area (Å²) in [6, 6.07) is 44.4. The van der Waals surface area contributed by atoms with Crippen molar-refractivity contribution in [3.05, 3.63) is 121 Å². The normalized spacial score (nSPS) is 11.8. The quantitative estimate of drug-likeness (QED) is 0.189. The van der Waals surface area contributed by atoms with E-state index in [0.717, 1.165) is 0 Å². The van der Waals surface area contributed by atoms with Gasteiger partial charge in [0.1, 0.15) is 0 Å². The molecule has 0 aliphatic heterocycles. The zero-order valence-electron chi connectivity index (χ0n) is 17.5. The maximum Gasteiger partial charge on any atom is -0.00928 e. The fourth-order valence-corrected chi connectivity index (χ4v) is 5.21. The first-order chi connectivity index (χ1) is 15.8. The van der Waals surface area contributed by atoms with Crippen LogP contribution in [0.1, 0.15) is 0 Å². The van der Waals surface area contributed by atoms with Gasteiger partial charge in [-0.25, -0.2) is 0 Å². The first-order valence-corrected chi connectivity index (χ1v) is 11.1. The van der Waals surface area contributed by atoms with Crippen molar-refractivity contribution in [2.45, 2.75) is 0 Å². The van der Waals surface area contributed by atoms with Gasteiger partial charge in [-0.15, -0.1) is 0 Å². The van der Waals surface area contributed by atoms with Gasteiger partial charge >= 0.3 is 0 Å². The third kappa shape index (κ3) is 2.57. The van der Waals surface area contributed by atoms with Crippen molar-refractivity contribution >= 4 is 53.9 Å². The highest BCUT2D eigenvalue weighted by atomic mass is 14.1. The lowest BCUT2D eigenvalue weighted by Gasteiger charge is -2.12. The average molecular weight is 405 g/mol. The van der Waals surface area contributed by atoms with Gasteiger partial charge in [-0.1, -0.05) is 97.1 Å². The van der Waals surface area contributed by atoms with Crippen molar-refractivity contribution in [2.24, 2.45) is 0 Å². The second-order valence-corrected chi connectivity index (χ2v) is 8.61. The molecule has 7 rings (SSSR count). The molecule has 148 valence electrons. The van der Waals surface area contributed by atoms with Crippen molar-refractivity contribution in [1.29, 1.82) is 0 Å². The van der Waals surface area contributed by atoms with E-state index >= 15 is 0 Å². The van der Waals surface area contributed by atoms with Gasteiger partial charge in [0.2, 0.25) is 0 Å². The molecule has 0 heteroatoms. The Balaban J connectivity index is 1.50. The van der Waals surface area contributed by atoms with Gasteiger partial charge in [0.25, 0.3) is 0 Å². The summed E-state index contributed by atoms with van der Waals surface area (Å²) in [6.45, 7) is 0. The Labute approximate surface area is 186 Å². The maximum atomic E-state index is 2.37. The van der Waals surface area contributed by atoms with E-state index in [1.807, 2.05) is 0 Å². The molecule has 0 N–H and O–H groups in total. The number of hydrogen-bond acceptors (Lipinski definition) is 0. The summed E-state index contributed by atoms with van der Waals surface area (Å²) in [7, 11) is 0. The van der Waals surface area contributed by atoms with Crippen LogP contribution < -0.4 is 0 Å². The van der Waals surface area contributed by atoms with E-state index in [0.29, 0.717) is 0 Å². The summed E-state index contributed by atoms with van der Waals surface area (Å²) >= 11 is 0. The van der Waals surface area contributed by atoms with Crippen LogP contribution in [-0.2, 0) is 0 Å². The van der Waals surface area contributed by atoms with E-state index in [-0.39, 0.29) is 0 Å². The second kappa shape index (κ2) is 6.67. The Morgan fingerprint density at radius 1 is 0.250 bits per heavy atom. The first kappa shape index (κ1) is 17.5. The average Bonchev–Trinajstić information content (AvgIpc) is 2.87. The molecule has 0 saturated carbocycles. The highest BCUT2D eigenvalue weighted by Gasteiger charge is 2.10. The minimum Gasteiger partial charge on any atom is -0.0616 e. The van der Waals surface area contributed by atoms with Crippen LogP contribution in [0.2, 0.25) is 0 Å². The Bertz CT molecular complexity index is 1790. The fourth-order valence-electron chi connectivity index (χ4n) is 5.21. The zero-order chi connectivity index (χ0) is 21.1. The molecule has 0 saturated heterocycles. The predicted molar refractivity (Wildman–Crippen MR) is 139 cm³/mol. The van der Waals surface area contributed by atoms with Crippen LogP contribution in [0.5, 0.6) is 0 Å². The number of fused-ring (bicyclic) bond motifs is 8. The van der Waals surface area contributed by atoms with E-state index in [2.05, 4.69) is 121 Å². The monoisotopic (exact) mass is 404 g/mol. The molecule has 0 bridgehead atoms. The molecule has 0 unspecified atom stereocenters. The molecular formula is C32H20. The lowest BCUT2D eigenvalue weighted by molar-refractivity contribution is 1.69. The summed E-state index contributed by atoms with van der Waals surface area (Å²) in [5.41, 5.74) is 2.51. The van der Waals surface area contributed by atoms with Gasteiger partial charge in [-0.05, 0) is 89.3 Å². The van der Waals surface area contributed by atoms with Crippen molar-refractivity contribution in [3.8, 4) is 11.1 Å². The van der Waals surface area contributed by atoms with E-state index in [1.54, 1.807) is 0 Å². The van der Waals surface area contributed by atoms with Gasteiger partial charge < -0.3 is 0 Å². The van der Waals surface area contributed by atoms with Gasteiger partial charge in [0.05, 0.1) is 0 Å². The van der Waals surface area contributed by atoms with Gasteiger partial charge in [-0.2, -0.15) is 0 Å². The van der Waals surface area contributed by atoms with Crippen LogP contribution in [0.4, 0.5) is 0 Å². The molecule has 0 spiro atoms. The van der Waals surface area contributed by atoms with Crippen molar-refractivity contribution in [2.75, 3.05) is 0 Å². The Morgan fingerprint density at radius 3 is 1.34 bits per heavy atom. The predicted octanol–water partition coefficient (Wildman–Crippen LogP) is 9.12. The Hall–Kier alpha value is -4.16. The molecule has 0 nitrogen and oxygen atoms in total. The minimum absolute atomic E-state index is 1.26. The lowest BCUT2D eigenvalue weighted by atomic mass is 9.91. The second-order valence-electron chi connectivity index (χ2n) is 8.61. The fraction of sp³-hybridized carbons (Fsp3) is 0. The van der Waals surface area contributed by atoms with Crippen molar-refractivity contribution in [1.82, 2.24) is 0 Å². The van der Waals surface area contributed by atoms with E-state index in [9.17, 15) is 0 Å². The van der Waals surface area contributed by atoms with Crippen LogP contribution in [0.15, 0.2) is 121 Å². The number of rotatable bonds is 1. The smallest absolute Gasteiger partial charge is 0.00928 e. The molecule has 32 heavy (non-hydrogen) atoms. The molecule has 0 atom stereocenters. The van der Waals surface area contributed by atoms with Crippen molar-refractivity contribution in [3.63, 3.8) is 0 Å². The maximum absolute atomic E-state index is 2.37. The van der Waals surface area contributed by atoms with Crippen LogP contribution in [-0.4, -0.2) is 0 Å². The number of benzene rings is 7. The molecule has 0 amide bonds. The lowest BCUT2D eigenvalue weighted by Crippen LogP contribution is -1.85. The molecule has 0 aliphatic rings. The Kier molecular flexibility index (Phi) is 3.65. The molecule has 0 heterocycles. The van der Waals surface area contributed by atoms with E-state index in [4.69, 9.17) is 0 Å².